The van der Waals surface area contributed by atoms with Crippen molar-refractivity contribution in [2.45, 2.75) is 30.9 Å². The number of pyridine rings is 2. The van der Waals surface area contributed by atoms with Crippen LogP contribution < -0.4 is 10.1 Å². The molecule has 1 aliphatic rings. The van der Waals surface area contributed by atoms with E-state index in [9.17, 15) is 13.6 Å². The minimum absolute atomic E-state index is 0.0879. The first kappa shape index (κ1) is 27.9. The number of hydrogen-bond donors (Lipinski definition) is 1. The number of amides is 1. The van der Waals surface area contributed by atoms with Gasteiger partial charge in [-0.3, -0.25) is 19.8 Å². The Labute approximate surface area is 227 Å². The molecule has 0 radical (unpaired) electrons. The van der Waals surface area contributed by atoms with Crippen LogP contribution in [0.4, 0.5) is 14.6 Å². The van der Waals surface area contributed by atoms with Gasteiger partial charge in [0.1, 0.15) is 22.2 Å². The minimum Gasteiger partial charge on any atom is -0.494 e. The van der Waals surface area contributed by atoms with Crippen LogP contribution in [0.2, 0.25) is 0 Å². The number of thioether (sulfide) groups is 1. The molecule has 0 fully saturated rings. The van der Waals surface area contributed by atoms with Gasteiger partial charge in [0.2, 0.25) is 0 Å². The first-order valence-electron chi connectivity index (χ1n) is 11.7. The van der Waals surface area contributed by atoms with Gasteiger partial charge in [0.15, 0.2) is 5.82 Å². The molecular weight excluding hydrogens is 528 g/mol. The van der Waals surface area contributed by atoms with Crippen LogP contribution in [0, 0.1) is 6.92 Å². The Bertz CT molecular complexity index is 1450. The quantitative estimate of drug-likeness (QED) is 0.215. The topological polar surface area (TPSA) is 124 Å². The third-order valence-electron chi connectivity index (χ3n) is 5.71. The SMILES string of the molecule is C=Nc1ncc(C2=CCC(OC)C=N2)nc1SCNC(=O)c1cnc(C)cc1-c1cc(C(F)F)ncc1OC. The lowest BCUT2D eigenvalue weighted by atomic mass is 9.99. The van der Waals surface area contributed by atoms with Crippen molar-refractivity contribution in [2.24, 2.45) is 9.98 Å². The fourth-order valence-electron chi connectivity index (χ4n) is 3.71. The van der Waals surface area contributed by atoms with E-state index in [1.807, 2.05) is 6.08 Å². The Morgan fingerprint density at radius 3 is 2.69 bits per heavy atom. The zero-order chi connectivity index (χ0) is 27.9. The monoisotopic (exact) mass is 553 g/mol. The van der Waals surface area contributed by atoms with E-state index in [4.69, 9.17) is 9.47 Å². The van der Waals surface area contributed by atoms with Crippen molar-refractivity contribution < 1.29 is 23.0 Å². The van der Waals surface area contributed by atoms with Crippen LogP contribution in [-0.2, 0) is 4.74 Å². The van der Waals surface area contributed by atoms with E-state index in [0.29, 0.717) is 45.5 Å². The zero-order valence-corrected chi connectivity index (χ0v) is 22.2. The zero-order valence-electron chi connectivity index (χ0n) is 21.4. The third kappa shape index (κ3) is 6.49. The van der Waals surface area contributed by atoms with E-state index in [0.717, 1.165) is 0 Å². The first-order chi connectivity index (χ1) is 18.8. The maximum atomic E-state index is 13.4. The summed E-state index contributed by atoms with van der Waals surface area (Å²) >= 11 is 1.20. The largest absolute Gasteiger partial charge is 0.494 e. The molecule has 0 saturated carbocycles. The van der Waals surface area contributed by atoms with Gasteiger partial charge < -0.3 is 14.8 Å². The third-order valence-corrected chi connectivity index (χ3v) is 6.55. The normalized spacial score (nSPS) is 14.7. The molecule has 10 nitrogen and oxygen atoms in total. The molecule has 0 aromatic carbocycles. The maximum Gasteiger partial charge on any atom is 0.280 e. The van der Waals surface area contributed by atoms with Gasteiger partial charge in [0.25, 0.3) is 12.3 Å². The number of carbonyl (C=O) groups is 1. The molecule has 4 heterocycles. The number of aryl methyl sites for hydroxylation is 1. The van der Waals surface area contributed by atoms with Crippen molar-refractivity contribution in [3.63, 3.8) is 0 Å². The van der Waals surface area contributed by atoms with Crippen LogP contribution in [0.1, 0.15) is 40.3 Å². The lowest BCUT2D eigenvalue weighted by Gasteiger charge is -2.15. The number of hydrogen-bond acceptors (Lipinski definition) is 10. The van der Waals surface area contributed by atoms with Crippen LogP contribution in [0.25, 0.3) is 16.8 Å². The van der Waals surface area contributed by atoms with Gasteiger partial charge in [-0.2, -0.15) is 0 Å². The molecule has 13 heteroatoms. The fourth-order valence-corrected chi connectivity index (χ4v) is 4.46. The maximum absolute atomic E-state index is 13.4. The van der Waals surface area contributed by atoms with Gasteiger partial charge in [-0.25, -0.2) is 23.7 Å². The second kappa shape index (κ2) is 12.6. The predicted octanol–water partition coefficient (Wildman–Crippen LogP) is 4.83. The van der Waals surface area contributed by atoms with Crippen LogP contribution in [0.3, 0.4) is 0 Å². The van der Waals surface area contributed by atoms with Crippen molar-refractivity contribution in [1.82, 2.24) is 25.3 Å². The highest BCUT2D eigenvalue weighted by Crippen LogP contribution is 2.35. The number of carbonyl (C=O) groups excluding carboxylic acids is 1. The Balaban J connectivity index is 1.54. The van der Waals surface area contributed by atoms with Gasteiger partial charge in [0, 0.05) is 36.3 Å². The molecule has 39 heavy (non-hydrogen) atoms. The predicted molar refractivity (Wildman–Crippen MR) is 145 cm³/mol. The summed E-state index contributed by atoms with van der Waals surface area (Å²) in [6.07, 6.45) is 5.56. The van der Waals surface area contributed by atoms with Gasteiger partial charge in [-0.15, -0.1) is 0 Å². The molecule has 0 aliphatic carbocycles. The highest BCUT2D eigenvalue weighted by atomic mass is 32.2. The Kier molecular flexibility index (Phi) is 9.04. The van der Waals surface area contributed by atoms with Crippen molar-refractivity contribution in [2.75, 3.05) is 20.1 Å². The summed E-state index contributed by atoms with van der Waals surface area (Å²) in [5.74, 6) is 0.201. The number of halogens is 2. The van der Waals surface area contributed by atoms with E-state index in [1.54, 1.807) is 32.5 Å². The number of aromatic nitrogens is 4. The Morgan fingerprint density at radius 2 is 2.03 bits per heavy atom. The minimum atomic E-state index is -2.78. The number of nitrogens with one attached hydrogen (secondary N) is 1. The fraction of sp³-hybridized carbons (Fsp3) is 0.269. The summed E-state index contributed by atoms with van der Waals surface area (Å²) < 4.78 is 37.3. The van der Waals surface area contributed by atoms with E-state index >= 15 is 0 Å². The Morgan fingerprint density at radius 1 is 1.21 bits per heavy atom. The number of alkyl halides is 2. The number of rotatable bonds is 10. The molecule has 1 unspecified atom stereocenters. The molecule has 1 aliphatic heterocycles. The highest BCUT2D eigenvalue weighted by molar-refractivity contribution is 7.99. The van der Waals surface area contributed by atoms with Gasteiger partial charge in [0.05, 0.1) is 42.7 Å². The number of methoxy groups -OCH3 is 2. The van der Waals surface area contributed by atoms with Crippen LogP contribution in [0.5, 0.6) is 5.75 Å². The van der Waals surface area contributed by atoms with E-state index < -0.39 is 18.0 Å². The molecule has 1 N–H and O–H groups in total. The molecule has 1 amide bonds. The van der Waals surface area contributed by atoms with E-state index in [2.05, 4.69) is 42.0 Å². The average molecular weight is 554 g/mol. The first-order valence-corrected chi connectivity index (χ1v) is 12.6. The molecular formula is C26H25F2N7O3S. The summed E-state index contributed by atoms with van der Waals surface area (Å²) in [6.45, 7) is 5.28. The summed E-state index contributed by atoms with van der Waals surface area (Å²) in [4.78, 5) is 38.4. The lowest BCUT2D eigenvalue weighted by Crippen LogP contribution is -2.24. The van der Waals surface area contributed by atoms with Gasteiger partial charge in [-0.05, 0) is 32.2 Å². The molecule has 3 aromatic rings. The van der Waals surface area contributed by atoms with Crippen LogP contribution in [0.15, 0.2) is 51.8 Å². The molecule has 1 atom stereocenters. The van der Waals surface area contributed by atoms with E-state index in [-0.39, 0.29) is 23.3 Å². The lowest BCUT2D eigenvalue weighted by molar-refractivity contribution is 0.0961. The standard InChI is InChI=1S/C26H25F2N7O3S/c1-14-7-16(17-8-20(23(27)28)32-12-22(17)38-4)18(10-30-14)25(36)34-13-39-26-24(29-2)33-11-21(35-26)19-6-5-15(37-3)9-31-19/h6-12,15,23H,2,5,13H2,1,3-4H3,(H,34,36). The molecule has 0 bridgehead atoms. The van der Waals surface area contributed by atoms with Crippen molar-refractivity contribution in [1.29, 1.82) is 0 Å². The van der Waals surface area contributed by atoms with Crippen LogP contribution >= 0.6 is 11.8 Å². The molecule has 0 saturated heterocycles. The summed E-state index contributed by atoms with van der Waals surface area (Å²) in [6, 6.07) is 2.85. The second-order valence-electron chi connectivity index (χ2n) is 8.20. The number of ether oxygens (including phenoxy) is 2. The van der Waals surface area contributed by atoms with Crippen molar-refractivity contribution in [3.8, 4) is 16.9 Å². The van der Waals surface area contributed by atoms with Gasteiger partial charge >= 0.3 is 0 Å². The summed E-state index contributed by atoms with van der Waals surface area (Å²) in [7, 11) is 3.02. The molecule has 4 rings (SSSR count). The highest BCUT2D eigenvalue weighted by Gasteiger charge is 2.21. The number of nitrogens with zero attached hydrogens (tertiary/aromatic N) is 6. The summed E-state index contributed by atoms with van der Waals surface area (Å²) in [5, 5.41) is 3.26. The molecule has 3 aromatic heterocycles. The molecule has 0 spiro atoms. The molecule has 202 valence electrons. The van der Waals surface area contributed by atoms with Crippen molar-refractivity contribution >= 4 is 42.1 Å². The smallest absolute Gasteiger partial charge is 0.280 e. The van der Waals surface area contributed by atoms with Gasteiger partial charge in [-0.1, -0.05) is 17.8 Å². The second-order valence-corrected chi connectivity index (χ2v) is 9.16. The van der Waals surface area contributed by atoms with E-state index in [1.165, 1.54) is 37.3 Å². The number of aliphatic imine (C=N–C) groups is 2. The Hall–Kier alpha value is -4.10. The van der Waals surface area contributed by atoms with Crippen LogP contribution in [-0.4, -0.2) is 65.0 Å². The van der Waals surface area contributed by atoms with Crippen molar-refractivity contribution in [3.05, 3.63) is 59.4 Å². The summed E-state index contributed by atoms with van der Waals surface area (Å²) in [5.41, 5.74) is 2.24. The average Bonchev–Trinajstić information content (AvgIpc) is 2.96.